The highest BCUT2D eigenvalue weighted by Gasteiger charge is 2.42. The normalized spacial score (nSPS) is 20.9. The predicted octanol–water partition coefficient (Wildman–Crippen LogP) is 11.5. The molecule has 2 aliphatic heterocycles. The van der Waals surface area contributed by atoms with Crippen LogP contribution in [0.2, 0.25) is 0 Å². The number of halogens is 6. The first-order chi connectivity index (χ1) is 30.7. The smallest absolute Gasteiger partial charge is 0.296 e. The van der Waals surface area contributed by atoms with Crippen LogP contribution in [-0.4, -0.2) is 93.9 Å². The lowest BCUT2D eigenvalue weighted by atomic mass is 9.91. The molecule has 4 fully saturated rings. The molecule has 0 radical (unpaired) electrons. The number of hydrogen-bond acceptors (Lipinski definition) is 11. The molecule has 8 rings (SSSR count). The van der Waals surface area contributed by atoms with Crippen molar-refractivity contribution in [3.8, 4) is 0 Å². The summed E-state index contributed by atoms with van der Waals surface area (Å²) in [6.07, 6.45) is 6.40. The van der Waals surface area contributed by atoms with Crippen molar-refractivity contribution in [3.63, 3.8) is 0 Å². The molecule has 0 N–H and O–H groups in total. The summed E-state index contributed by atoms with van der Waals surface area (Å²) in [6, 6.07) is 0.215. The van der Waals surface area contributed by atoms with Gasteiger partial charge in [0.1, 0.15) is 0 Å². The van der Waals surface area contributed by atoms with Gasteiger partial charge in [0.2, 0.25) is 0 Å². The van der Waals surface area contributed by atoms with Crippen LogP contribution in [0.1, 0.15) is 146 Å². The third-order valence-corrected chi connectivity index (χ3v) is 18.6. The Morgan fingerprint density at radius 3 is 1.34 bits per heavy atom. The van der Waals surface area contributed by atoms with Crippen LogP contribution < -0.4 is 0 Å². The Labute approximate surface area is 388 Å². The first-order valence-corrected chi connectivity index (χ1v) is 26.9. The molecule has 0 amide bonds. The van der Waals surface area contributed by atoms with Gasteiger partial charge in [0.15, 0.2) is 17.2 Å². The van der Waals surface area contributed by atoms with Gasteiger partial charge < -0.3 is 0 Å². The number of nitrogens with zero attached hydrogens (tertiary/aromatic N) is 8. The second-order valence-corrected chi connectivity index (χ2v) is 22.6. The first kappa shape index (κ1) is 48.0. The van der Waals surface area contributed by atoms with Crippen LogP contribution in [0.3, 0.4) is 0 Å². The fourth-order valence-electron chi connectivity index (χ4n) is 9.93. The number of hydrogen-bond donors (Lipinski definition) is 0. The molecule has 2 unspecified atom stereocenters. The summed E-state index contributed by atoms with van der Waals surface area (Å²) < 4.78 is 86.1. The van der Waals surface area contributed by atoms with Gasteiger partial charge in [0.25, 0.3) is 0 Å². The minimum absolute atomic E-state index is 0.120. The fraction of sp³-hybridized carbons (Fsp3) is 0.711. The second-order valence-electron chi connectivity index (χ2n) is 18.3. The summed E-state index contributed by atoms with van der Waals surface area (Å²) >= 11 is 7.34. The summed E-state index contributed by atoms with van der Waals surface area (Å²) in [5.74, 6) is 1.91. The number of ketones is 1. The van der Waals surface area contributed by atoms with E-state index in [2.05, 4.69) is 30.8 Å². The van der Waals surface area contributed by atoms with Crippen molar-refractivity contribution in [1.29, 1.82) is 0 Å². The van der Waals surface area contributed by atoms with Crippen molar-refractivity contribution in [1.82, 2.24) is 39.3 Å². The molecule has 4 aliphatic rings. The Kier molecular flexibility index (Phi) is 15.9. The van der Waals surface area contributed by atoms with Gasteiger partial charge in [-0.1, -0.05) is 38.5 Å². The number of Topliss-reactive ketones (excluding diaryl/α,β-unsaturated/α-hetero) is 1. The largest absolute Gasteiger partial charge is 0.435 e. The molecule has 64 heavy (non-hydrogen) atoms. The van der Waals surface area contributed by atoms with Gasteiger partial charge in [-0.05, 0) is 104 Å². The Morgan fingerprint density at radius 1 is 0.625 bits per heavy atom. The van der Waals surface area contributed by atoms with E-state index in [1.165, 1.54) is 73.6 Å². The summed E-state index contributed by atoms with van der Waals surface area (Å²) in [4.78, 5) is 29.6. The number of aryl methyl sites for hydroxylation is 2. The number of rotatable bonds is 16. The zero-order valence-corrected chi connectivity index (χ0v) is 40.0. The molecule has 2 saturated heterocycles. The number of carbonyl (C=O) groups is 1. The first-order valence-electron chi connectivity index (χ1n) is 23.0. The van der Waals surface area contributed by atoms with Crippen molar-refractivity contribution in [2.45, 2.75) is 175 Å². The van der Waals surface area contributed by atoms with Gasteiger partial charge >= 0.3 is 12.4 Å². The fourth-order valence-corrected chi connectivity index (χ4v) is 14.6. The van der Waals surface area contributed by atoms with Gasteiger partial charge in [-0.2, -0.15) is 60.1 Å². The maximum Gasteiger partial charge on any atom is 0.435 e. The average Bonchev–Trinajstić information content (AvgIpc) is 4.11. The minimum Gasteiger partial charge on any atom is -0.296 e. The number of alkyl halides is 6. The van der Waals surface area contributed by atoms with E-state index in [4.69, 9.17) is 9.97 Å². The standard InChI is InChI=1S/C45H60F6N8OS4/c1-29-21-39(44(46,47)48)54-58(29)23-37(56-17-13-31(14-18-56)42-52-33(27-63-42)25-61-35-9-5-3-6-10-35)41(60)38(24-59-30(2)22-40(55-59)45(49,50)51)57-19-15-32(16-20-57)43-53-34(28-64-43)26-62-36-11-7-4-8-12-36/h21-22,27-28,31-32,35-38H,3-20,23-26H2,1-2H3. The zero-order valence-electron chi connectivity index (χ0n) is 36.7. The summed E-state index contributed by atoms with van der Waals surface area (Å²) in [6.45, 7) is 4.91. The van der Waals surface area contributed by atoms with E-state index in [0.29, 0.717) is 36.7 Å². The lowest BCUT2D eigenvalue weighted by Gasteiger charge is -2.41. The summed E-state index contributed by atoms with van der Waals surface area (Å²) in [5.41, 5.74) is 0.685. The Bertz CT molecular complexity index is 1970. The maximum atomic E-state index is 15.4. The van der Waals surface area contributed by atoms with E-state index in [-0.39, 0.29) is 42.1 Å². The van der Waals surface area contributed by atoms with Gasteiger partial charge in [0.05, 0.1) is 46.6 Å². The Balaban J connectivity index is 1.01. The molecule has 6 heterocycles. The number of thiazole rings is 2. The van der Waals surface area contributed by atoms with Crippen molar-refractivity contribution < 1.29 is 31.1 Å². The number of aromatic nitrogens is 6. The van der Waals surface area contributed by atoms with Crippen molar-refractivity contribution in [2.75, 3.05) is 26.2 Å². The maximum absolute atomic E-state index is 15.4. The number of thioether (sulfide) groups is 2. The van der Waals surface area contributed by atoms with E-state index in [9.17, 15) is 26.3 Å². The van der Waals surface area contributed by atoms with Gasteiger partial charge in [-0.3, -0.25) is 24.0 Å². The third-order valence-electron chi connectivity index (χ3n) is 13.7. The van der Waals surface area contributed by atoms with Gasteiger partial charge in [-0.15, -0.1) is 22.7 Å². The average molecular weight is 971 g/mol. The lowest BCUT2D eigenvalue weighted by Crippen LogP contribution is -2.57. The van der Waals surface area contributed by atoms with Crippen LogP contribution in [-0.2, 0) is 41.7 Å². The number of carbonyl (C=O) groups excluding carboxylic acids is 1. The molecule has 9 nitrogen and oxygen atoms in total. The topological polar surface area (TPSA) is 85.0 Å². The predicted molar refractivity (Wildman–Crippen MR) is 244 cm³/mol. The van der Waals surface area contributed by atoms with E-state index in [1.807, 2.05) is 23.5 Å². The van der Waals surface area contributed by atoms with Crippen LogP contribution >= 0.6 is 46.2 Å². The molecule has 4 aromatic rings. The zero-order chi connectivity index (χ0) is 45.0. The highest BCUT2D eigenvalue weighted by atomic mass is 32.2. The molecule has 0 spiro atoms. The van der Waals surface area contributed by atoms with E-state index < -0.39 is 35.8 Å². The van der Waals surface area contributed by atoms with Crippen LogP contribution in [0.5, 0.6) is 0 Å². The molecule has 19 heteroatoms. The SMILES string of the molecule is Cc1cc(C(F)(F)F)nn1CC(C(=O)C(Cn1nc(C(F)(F)F)cc1C)N1CCC(c2nc(CSC3CCCCC3)cs2)CC1)N1CCC(c2nc(CSC3CCCCC3)cs2)CC1. The van der Waals surface area contributed by atoms with Crippen molar-refractivity contribution in [3.05, 3.63) is 67.1 Å². The number of likely N-dealkylation sites (tertiary alicyclic amines) is 2. The van der Waals surface area contributed by atoms with Crippen molar-refractivity contribution in [2.24, 2.45) is 0 Å². The third kappa shape index (κ3) is 12.2. The van der Waals surface area contributed by atoms with Gasteiger partial charge in [0, 0.05) is 56.0 Å². The monoisotopic (exact) mass is 970 g/mol. The Morgan fingerprint density at radius 2 is 1.00 bits per heavy atom. The second kappa shape index (κ2) is 21.2. The summed E-state index contributed by atoms with van der Waals surface area (Å²) in [7, 11) is 0. The van der Waals surface area contributed by atoms with E-state index >= 15 is 4.79 Å². The highest BCUT2D eigenvalue weighted by molar-refractivity contribution is 7.99. The quantitative estimate of drug-likeness (QED) is 0.102. The molecule has 352 valence electrons. The van der Waals surface area contributed by atoms with E-state index in [0.717, 1.165) is 70.7 Å². The van der Waals surface area contributed by atoms with E-state index in [1.54, 1.807) is 36.5 Å². The molecule has 0 aromatic carbocycles. The molecule has 2 saturated carbocycles. The van der Waals surface area contributed by atoms with Gasteiger partial charge in [-0.25, -0.2) is 9.97 Å². The molecule has 2 aliphatic carbocycles. The van der Waals surface area contributed by atoms with Crippen molar-refractivity contribution >= 4 is 52.0 Å². The molecule has 4 aromatic heterocycles. The summed E-state index contributed by atoms with van der Waals surface area (Å²) in [5, 5.41) is 15.7. The molecular formula is C45H60F6N8OS4. The minimum atomic E-state index is -4.66. The molecule has 2 atom stereocenters. The highest BCUT2D eigenvalue weighted by Crippen LogP contribution is 2.38. The molecular weight excluding hydrogens is 911 g/mol. The van der Waals surface area contributed by atoms with Crippen LogP contribution in [0, 0.1) is 13.8 Å². The molecule has 0 bridgehead atoms. The Hall–Kier alpha value is -2.45. The van der Waals surface area contributed by atoms with Crippen LogP contribution in [0.4, 0.5) is 26.3 Å². The number of piperidine rings is 2. The van der Waals surface area contributed by atoms with Crippen LogP contribution in [0.25, 0.3) is 0 Å². The van der Waals surface area contributed by atoms with Crippen LogP contribution in [0.15, 0.2) is 22.9 Å². The lowest BCUT2D eigenvalue weighted by molar-refractivity contribution is -0.142.